The number of aryl methyl sites for hydroxylation is 1. The van der Waals surface area contributed by atoms with Crippen LogP contribution in [-0.4, -0.2) is 17.1 Å². The zero-order valence-corrected chi connectivity index (χ0v) is 10.3. The van der Waals surface area contributed by atoms with E-state index in [0.29, 0.717) is 11.7 Å². The summed E-state index contributed by atoms with van der Waals surface area (Å²) < 4.78 is 5.53. The van der Waals surface area contributed by atoms with Gasteiger partial charge in [-0.2, -0.15) is 0 Å². The molecule has 0 radical (unpaired) electrons. The third-order valence-corrected chi connectivity index (χ3v) is 3.79. The SMILES string of the molecule is COC(c1nc(N)c2c(n1)CCCC2)C1CC1. The molecule has 1 unspecified atom stereocenters. The van der Waals surface area contributed by atoms with Gasteiger partial charge in [0.2, 0.25) is 0 Å². The van der Waals surface area contributed by atoms with Crippen molar-refractivity contribution < 1.29 is 4.74 Å². The zero-order chi connectivity index (χ0) is 11.8. The van der Waals surface area contributed by atoms with Crippen LogP contribution in [0.15, 0.2) is 0 Å². The Bertz CT molecular complexity index is 429. The van der Waals surface area contributed by atoms with Gasteiger partial charge in [0, 0.05) is 18.4 Å². The van der Waals surface area contributed by atoms with Crippen molar-refractivity contribution in [1.82, 2.24) is 9.97 Å². The Morgan fingerprint density at radius 2 is 2.00 bits per heavy atom. The smallest absolute Gasteiger partial charge is 0.160 e. The first kappa shape index (κ1) is 11.0. The predicted molar refractivity (Wildman–Crippen MR) is 65.6 cm³/mol. The molecule has 0 bridgehead atoms. The fourth-order valence-electron chi connectivity index (χ4n) is 2.68. The molecule has 92 valence electrons. The highest BCUT2D eigenvalue weighted by Gasteiger charge is 2.35. The van der Waals surface area contributed by atoms with Gasteiger partial charge in [-0.3, -0.25) is 0 Å². The number of aromatic nitrogens is 2. The molecule has 2 aliphatic rings. The van der Waals surface area contributed by atoms with Crippen molar-refractivity contribution in [3.8, 4) is 0 Å². The lowest BCUT2D eigenvalue weighted by molar-refractivity contribution is 0.0770. The fourth-order valence-corrected chi connectivity index (χ4v) is 2.68. The van der Waals surface area contributed by atoms with Gasteiger partial charge in [0.1, 0.15) is 11.9 Å². The van der Waals surface area contributed by atoms with Crippen molar-refractivity contribution in [3.05, 3.63) is 17.1 Å². The lowest BCUT2D eigenvalue weighted by Gasteiger charge is -2.20. The van der Waals surface area contributed by atoms with Crippen molar-refractivity contribution >= 4 is 5.82 Å². The molecule has 0 aliphatic heterocycles. The second-order valence-electron chi connectivity index (χ2n) is 5.09. The third kappa shape index (κ3) is 2.02. The molecule has 4 heteroatoms. The number of methoxy groups -OCH3 is 1. The number of rotatable bonds is 3. The van der Waals surface area contributed by atoms with E-state index in [1.54, 1.807) is 7.11 Å². The highest BCUT2D eigenvalue weighted by molar-refractivity contribution is 5.43. The highest BCUT2D eigenvalue weighted by atomic mass is 16.5. The molecule has 1 atom stereocenters. The highest BCUT2D eigenvalue weighted by Crippen LogP contribution is 2.42. The van der Waals surface area contributed by atoms with Gasteiger partial charge in [-0.25, -0.2) is 9.97 Å². The first-order valence-corrected chi connectivity index (χ1v) is 6.47. The van der Waals surface area contributed by atoms with E-state index in [1.807, 2.05) is 0 Å². The molecule has 1 heterocycles. The summed E-state index contributed by atoms with van der Waals surface area (Å²) in [5, 5.41) is 0. The summed E-state index contributed by atoms with van der Waals surface area (Å²) in [5.74, 6) is 2.07. The summed E-state index contributed by atoms with van der Waals surface area (Å²) in [7, 11) is 1.74. The van der Waals surface area contributed by atoms with E-state index in [-0.39, 0.29) is 6.10 Å². The van der Waals surface area contributed by atoms with Crippen molar-refractivity contribution in [3.63, 3.8) is 0 Å². The summed E-state index contributed by atoms with van der Waals surface area (Å²) in [6.07, 6.45) is 6.97. The Kier molecular flexibility index (Phi) is 2.74. The van der Waals surface area contributed by atoms with E-state index in [9.17, 15) is 0 Å². The maximum atomic E-state index is 6.05. The summed E-state index contributed by atoms with van der Waals surface area (Å²) >= 11 is 0. The number of nitrogens with two attached hydrogens (primary N) is 1. The number of anilines is 1. The lowest BCUT2D eigenvalue weighted by atomic mass is 9.96. The molecule has 4 nitrogen and oxygen atoms in total. The first-order valence-electron chi connectivity index (χ1n) is 6.47. The van der Waals surface area contributed by atoms with Crippen LogP contribution in [0.1, 0.15) is 48.9 Å². The van der Waals surface area contributed by atoms with Crippen LogP contribution in [0.3, 0.4) is 0 Å². The maximum absolute atomic E-state index is 6.05. The number of ether oxygens (including phenoxy) is 1. The molecule has 3 rings (SSSR count). The van der Waals surface area contributed by atoms with E-state index in [1.165, 1.54) is 31.2 Å². The monoisotopic (exact) mass is 233 g/mol. The molecule has 2 N–H and O–H groups in total. The minimum atomic E-state index is 0.0459. The van der Waals surface area contributed by atoms with Gasteiger partial charge in [0.05, 0.1) is 0 Å². The first-order chi connectivity index (χ1) is 8.29. The second-order valence-corrected chi connectivity index (χ2v) is 5.09. The molecule has 1 aromatic heterocycles. The molecule has 0 aromatic carbocycles. The standard InChI is InChI=1S/C13H19N3O/c1-17-11(8-6-7-8)13-15-10-5-3-2-4-9(10)12(14)16-13/h8,11H,2-7H2,1H3,(H2,14,15,16). The molecule has 1 fully saturated rings. The molecule has 0 amide bonds. The van der Waals surface area contributed by atoms with Crippen LogP contribution in [0.4, 0.5) is 5.82 Å². The summed E-state index contributed by atoms with van der Waals surface area (Å²) in [6.45, 7) is 0. The molecule has 0 saturated heterocycles. The Morgan fingerprint density at radius 1 is 1.24 bits per heavy atom. The summed E-state index contributed by atoms with van der Waals surface area (Å²) in [4.78, 5) is 9.15. The van der Waals surface area contributed by atoms with Crippen molar-refractivity contribution in [2.24, 2.45) is 5.92 Å². The Labute approximate surface area is 102 Å². The second kappa shape index (κ2) is 4.26. The molecule has 1 aromatic rings. The Hall–Kier alpha value is -1.16. The molecule has 1 saturated carbocycles. The minimum Gasteiger partial charge on any atom is -0.383 e. The number of nitrogens with zero attached hydrogens (tertiary/aromatic N) is 2. The number of nitrogen functional groups attached to an aromatic ring is 1. The molecule has 2 aliphatic carbocycles. The maximum Gasteiger partial charge on any atom is 0.160 e. The fraction of sp³-hybridized carbons (Fsp3) is 0.692. The van der Waals surface area contributed by atoms with Gasteiger partial charge in [-0.15, -0.1) is 0 Å². The largest absolute Gasteiger partial charge is 0.383 e. The van der Waals surface area contributed by atoms with E-state index in [4.69, 9.17) is 15.5 Å². The van der Waals surface area contributed by atoms with Crippen LogP contribution in [-0.2, 0) is 17.6 Å². The van der Waals surface area contributed by atoms with Crippen LogP contribution < -0.4 is 5.73 Å². The third-order valence-electron chi connectivity index (χ3n) is 3.79. The van der Waals surface area contributed by atoms with Gasteiger partial charge >= 0.3 is 0 Å². The molecular weight excluding hydrogens is 214 g/mol. The normalized spacial score (nSPS) is 21.0. The minimum absolute atomic E-state index is 0.0459. The summed E-state index contributed by atoms with van der Waals surface area (Å²) in [6, 6.07) is 0. The Balaban J connectivity index is 1.97. The van der Waals surface area contributed by atoms with E-state index < -0.39 is 0 Å². The quantitative estimate of drug-likeness (QED) is 0.867. The van der Waals surface area contributed by atoms with Gasteiger partial charge in [-0.1, -0.05) is 0 Å². The van der Waals surface area contributed by atoms with E-state index >= 15 is 0 Å². The Morgan fingerprint density at radius 3 is 2.71 bits per heavy atom. The lowest BCUT2D eigenvalue weighted by Crippen LogP contribution is -2.17. The average Bonchev–Trinajstić information content (AvgIpc) is 3.15. The van der Waals surface area contributed by atoms with Crippen LogP contribution in [0.25, 0.3) is 0 Å². The van der Waals surface area contributed by atoms with Crippen molar-refractivity contribution in [2.45, 2.75) is 44.6 Å². The molecule has 0 spiro atoms. The predicted octanol–water partition coefficient (Wildman–Crippen LogP) is 2.04. The number of hydrogen-bond acceptors (Lipinski definition) is 4. The van der Waals surface area contributed by atoms with Gasteiger partial charge in [-0.05, 0) is 44.4 Å². The van der Waals surface area contributed by atoms with Gasteiger partial charge in [0.25, 0.3) is 0 Å². The van der Waals surface area contributed by atoms with Crippen molar-refractivity contribution in [1.29, 1.82) is 0 Å². The van der Waals surface area contributed by atoms with E-state index in [2.05, 4.69) is 4.98 Å². The molecule has 17 heavy (non-hydrogen) atoms. The zero-order valence-electron chi connectivity index (χ0n) is 10.3. The topological polar surface area (TPSA) is 61.0 Å². The van der Waals surface area contributed by atoms with E-state index in [0.717, 1.165) is 24.4 Å². The van der Waals surface area contributed by atoms with Crippen molar-refractivity contribution in [2.75, 3.05) is 12.8 Å². The van der Waals surface area contributed by atoms with Crippen LogP contribution in [0.5, 0.6) is 0 Å². The summed E-state index contributed by atoms with van der Waals surface area (Å²) in [5.41, 5.74) is 8.37. The number of fused-ring (bicyclic) bond motifs is 1. The van der Waals surface area contributed by atoms with Crippen LogP contribution >= 0.6 is 0 Å². The van der Waals surface area contributed by atoms with Gasteiger partial charge < -0.3 is 10.5 Å². The van der Waals surface area contributed by atoms with Crippen LogP contribution in [0.2, 0.25) is 0 Å². The van der Waals surface area contributed by atoms with Gasteiger partial charge in [0.15, 0.2) is 5.82 Å². The molecular formula is C13H19N3O. The number of hydrogen-bond donors (Lipinski definition) is 1. The van der Waals surface area contributed by atoms with Crippen LogP contribution in [0, 0.1) is 5.92 Å². The average molecular weight is 233 g/mol.